The number of carbonyl (C=O) groups is 1. The molecule has 1 aromatic carbocycles. The monoisotopic (exact) mass is 372 g/mol. The molecule has 0 saturated carbocycles. The Kier molecular flexibility index (Phi) is 6.80. The van der Waals surface area contributed by atoms with E-state index >= 15 is 0 Å². The summed E-state index contributed by atoms with van der Waals surface area (Å²) >= 11 is 1.64. The van der Waals surface area contributed by atoms with Gasteiger partial charge in [0.15, 0.2) is 0 Å². The molecule has 140 valence electrons. The van der Waals surface area contributed by atoms with Gasteiger partial charge in [-0.3, -0.25) is 4.79 Å². The average molecular weight is 373 g/mol. The molecule has 0 bridgehead atoms. The summed E-state index contributed by atoms with van der Waals surface area (Å²) < 4.78 is 6.56. The number of amides is 1. The Morgan fingerprint density at radius 3 is 2.81 bits per heavy atom. The number of nitrogens with zero attached hydrogens (tertiary/aromatic N) is 2. The first-order valence-electron chi connectivity index (χ1n) is 9.59. The predicted octanol–water partition coefficient (Wildman–Crippen LogP) is 4.62. The summed E-state index contributed by atoms with van der Waals surface area (Å²) in [6.45, 7) is 8.82. The zero-order valence-electron chi connectivity index (χ0n) is 15.5. The number of fused-ring (bicyclic) bond motifs is 1. The molecule has 1 fully saturated rings. The number of thiazole rings is 1. The summed E-state index contributed by atoms with van der Waals surface area (Å²) in [5.41, 5.74) is 0.976. The van der Waals surface area contributed by atoms with Crippen molar-refractivity contribution in [3.8, 4) is 0 Å². The number of rotatable bonds is 8. The van der Waals surface area contributed by atoms with Crippen molar-refractivity contribution in [1.82, 2.24) is 9.88 Å². The highest BCUT2D eigenvalue weighted by molar-refractivity contribution is 7.18. The number of unbranched alkanes of at least 4 members (excludes halogenated alkanes) is 2. The van der Waals surface area contributed by atoms with Crippen molar-refractivity contribution in [2.45, 2.75) is 38.5 Å². The third-order valence-electron chi connectivity index (χ3n) is 5.04. The molecule has 2 heterocycles. The van der Waals surface area contributed by atoms with Gasteiger partial charge in [-0.25, -0.2) is 4.98 Å². The fourth-order valence-corrected chi connectivity index (χ4v) is 4.66. The van der Waals surface area contributed by atoms with E-state index in [0.717, 1.165) is 28.1 Å². The van der Waals surface area contributed by atoms with Gasteiger partial charge in [-0.2, -0.15) is 0 Å². The number of hydrogen-bond acceptors (Lipinski definition) is 4. The van der Waals surface area contributed by atoms with E-state index < -0.39 is 0 Å². The minimum absolute atomic E-state index is 0.123. The van der Waals surface area contributed by atoms with Crippen LogP contribution < -0.4 is 0 Å². The normalized spacial score (nSPS) is 17.2. The van der Waals surface area contributed by atoms with E-state index in [9.17, 15) is 4.79 Å². The van der Waals surface area contributed by atoms with Gasteiger partial charge < -0.3 is 9.64 Å². The van der Waals surface area contributed by atoms with Crippen LogP contribution in [0.1, 0.15) is 43.5 Å². The van der Waals surface area contributed by atoms with E-state index in [4.69, 9.17) is 9.72 Å². The molecule has 4 nitrogen and oxygen atoms in total. The number of carbonyl (C=O) groups excluding carboxylic acids is 1. The molecule has 2 aromatic rings. The largest absolute Gasteiger partial charge is 0.378 e. The SMILES string of the molecule is C=C[C@H](CCCCC)[C@H](C(=O)N1CCOCC1)c1nc2ccccc2s1. The van der Waals surface area contributed by atoms with Gasteiger partial charge in [0.05, 0.1) is 29.3 Å². The van der Waals surface area contributed by atoms with E-state index in [-0.39, 0.29) is 17.7 Å². The lowest BCUT2D eigenvalue weighted by Gasteiger charge is -2.32. The van der Waals surface area contributed by atoms with Crippen LogP contribution in [0.15, 0.2) is 36.9 Å². The molecule has 26 heavy (non-hydrogen) atoms. The Morgan fingerprint density at radius 2 is 2.12 bits per heavy atom. The van der Waals surface area contributed by atoms with Gasteiger partial charge in [0.1, 0.15) is 5.01 Å². The minimum Gasteiger partial charge on any atom is -0.378 e. The molecule has 0 N–H and O–H groups in total. The third-order valence-corrected chi connectivity index (χ3v) is 6.16. The lowest BCUT2D eigenvalue weighted by Crippen LogP contribution is -2.44. The first kappa shape index (κ1) is 19.1. The average Bonchev–Trinajstić information content (AvgIpc) is 3.11. The van der Waals surface area contributed by atoms with Crippen LogP contribution in [0.2, 0.25) is 0 Å². The van der Waals surface area contributed by atoms with Crippen molar-refractivity contribution in [3.63, 3.8) is 0 Å². The number of ether oxygens (including phenoxy) is 1. The molecule has 1 saturated heterocycles. The Morgan fingerprint density at radius 1 is 1.35 bits per heavy atom. The van der Waals surface area contributed by atoms with Crippen molar-refractivity contribution < 1.29 is 9.53 Å². The van der Waals surface area contributed by atoms with Crippen LogP contribution >= 0.6 is 11.3 Å². The van der Waals surface area contributed by atoms with Gasteiger partial charge in [0.25, 0.3) is 0 Å². The summed E-state index contributed by atoms with van der Waals surface area (Å²) in [4.78, 5) is 20.2. The Hall–Kier alpha value is -1.72. The van der Waals surface area contributed by atoms with Gasteiger partial charge in [0.2, 0.25) is 5.91 Å². The Bertz CT molecular complexity index is 703. The molecule has 3 rings (SSSR count). The van der Waals surface area contributed by atoms with Crippen molar-refractivity contribution in [3.05, 3.63) is 41.9 Å². The summed E-state index contributed by atoms with van der Waals surface area (Å²) in [6, 6.07) is 8.12. The first-order valence-corrected chi connectivity index (χ1v) is 10.4. The lowest BCUT2D eigenvalue weighted by molar-refractivity contribution is -0.137. The van der Waals surface area contributed by atoms with Crippen LogP contribution in [0.25, 0.3) is 10.2 Å². The highest BCUT2D eigenvalue weighted by Gasteiger charge is 2.34. The topological polar surface area (TPSA) is 42.4 Å². The van der Waals surface area contributed by atoms with E-state index in [1.54, 1.807) is 11.3 Å². The lowest BCUT2D eigenvalue weighted by atomic mass is 9.86. The van der Waals surface area contributed by atoms with Gasteiger partial charge in [0, 0.05) is 13.1 Å². The van der Waals surface area contributed by atoms with Crippen LogP contribution in [0, 0.1) is 5.92 Å². The van der Waals surface area contributed by atoms with Crippen LogP contribution in [0.5, 0.6) is 0 Å². The van der Waals surface area contributed by atoms with E-state index in [2.05, 4.69) is 19.6 Å². The van der Waals surface area contributed by atoms with Gasteiger partial charge in [-0.1, -0.05) is 44.4 Å². The van der Waals surface area contributed by atoms with Crippen LogP contribution in [0.4, 0.5) is 0 Å². The Labute approximate surface area is 159 Å². The molecule has 1 aliphatic heterocycles. The number of aromatic nitrogens is 1. The molecule has 1 aromatic heterocycles. The standard InChI is InChI=1S/C21H28N2O2S/c1-3-5-6-9-16(4-2)19(21(24)23-12-14-25-15-13-23)20-22-17-10-7-8-11-18(17)26-20/h4,7-8,10-11,16,19H,2-3,5-6,9,12-15H2,1H3/t16-,19+/m1/s1. The fraction of sp³-hybridized carbons (Fsp3) is 0.524. The molecule has 1 aliphatic rings. The maximum absolute atomic E-state index is 13.4. The number of hydrogen-bond donors (Lipinski definition) is 0. The Balaban J connectivity index is 1.91. The smallest absolute Gasteiger partial charge is 0.233 e. The second kappa shape index (κ2) is 9.28. The predicted molar refractivity (Wildman–Crippen MR) is 108 cm³/mol. The summed E-state index contributed by atoms with van der Waals surface area (Å²) in [6.07, 6.45) is 6.42. The van der Waals surface area contributed by atoms with Crippen molar-refractivity contribution in [1.29, 1.82) is 0 Å². The summed E-state index contributed by atoms with van der Waals surface area (Å²) in [5.74, 6) is 0.0612. The zero-order valence-corrected chi connectivity index (χ0v) is 16.3. The number of para-hydroxylation sites is 1. The quantitative estimate of drug-likeness (QED) is 0.501. The molecule has 0 radical (unpaired) electrons. The highest BCUT2D eigenvalue weighted by Crippen LogP contribution is 2.36. The maximum Gasteiger partial charge on any atom is 0.233 e. The van der Waals surface area contributed by atoms with Gasteiger partial charge in [-0.15, -0.1) is 17.9 Å². The van der Waals surface area contributed by atoms with E-state index in [1.165, 1.54) is 12.8 Å². The molecular formula is C21H28N2O2S. The van der Waals surface area contributed by atoms with Crippen molar-refractivity contribution in [2.24, 2.45) is 5.92 Å². The third kappa shape index (κ3) is 4.33. The van der Waals surface area contributed by atoms with Crippen molar-refractivity contribution >= 4 is 27.5 Å². The molecule has 0 spiro atoms. The fourth-order valence-electron chi connectivity index (χ4n) is 3.53. The summed E-state index contributed by atoms with van der Waals surface area (Å²) in [5, 5.41) is 0.920. The number of allylic oxidation sites excluding steroid dienone is 1. The van der Waals surface area contributed by atoms with Gasteiger partial charge in [-0.05, 0) is 24.5 Å². The van der Waals surface area contributed by atoms with Crippen LogP contribution in [-0.4, -0.2) is 42.1 Å². The minimum atomic E-state index is -0.236. The van der Waals surface area contributed by atoms with Crippen LogP contribution in [-0.2, 0) is 9.53 Å². The van der Waals surface area contributed by atoms with Crippen LogP contribution in [0.3, 0.4) is 0 Å². The van der Waals surface area contributed by atoms with Gasteiger partial charge >= 0.3 is 0 Å². The molecule has 0 aliphatic carbocycles. The molecule has 1 amide bonds. The zero-order chi connectivity index (χ0) is 18.4. The number of benzene rings is 1. The second-order valence-electron chi connectivity index (χ2n) is 6.83. The van der Waals surface area contributed by atoms with E-state index in [1.807, 2.05) is 29.2 Å². The first-order chi connectivity index (χ1) is 12.7. The molecule has 5 heteroatoms. The molecule has 0 unspecified atom stereocenters. The van der Waals surface area contributed by atoms with E-state index in [0.29, 0.717) is 26.3 Å². The second-order valence-corrected chi connectivity index (χ2v) is 7.89. The summed E-state index contributed by atoms with van der Waals surface area (Å²) in [7, 11) is 0. The van der Waals surface area contributed by atoms with Crippen molar-refractivity contribution in [2.75, 3.05) is 26.3 Å². The highest BCUT2D eigenvalue weighted by atomic mass is 32.1. The maximum atomic E-state index is 13.4. The molecular weight excluding hydrogens is 344 g/mol. The number of morpholine rings is 1. The molecule has 2 atom stereocenters.